The minimum Gasteiger partial charge on any atom is -0.478 e. The summed E-state index contributed by atoms with van der Waals surface area (Å²) in [6, 6.07) is 15.1. The van der Waals surface area contributed by atoms with Gasteiger partial charge in [0, 0.05) is 18.8 Å². The Morgan fingerprint density at radius 1 is 1.23 bits per heavy atom. The van der Waals surface area contributed by atoms with Gasteiger partial charge in [0.25, 0.3) is 0 Å². The largest absolute Gasteiger partial charge is 0.478 e. The summed E-state index contributed by atoms with van der Waals surface area (Å²) in [5.74, 6) is -0.232. The van der Waals surface area contributed by atoms with Gasteiger partial charge in [0.1, 0.15) is 0 Å². The Bertz CT molecular complexity index is 1140. The van der Waals surface area contributed by atoms with Crippen LogP contribution in [-0.4, -0.2) is 29.1 Å². The standard InChI is InChI=1S/C26H27N3O2/c1-16-3-2-4-21(25(16)17-5-6-17)18-7-8-20-19(13-18)9-12-28-24(20)15-29-23-14-27-11-10-22(23)26(30)31/h2-4,7-8,10-11,13-14,17,24,28-29H,5-6,9,12,15H2,1H3,(H,30,31). The van der Waals surface area contributed by atoms with Crippen LogP contribution in [0.3, 0.4) is 0 Å². The van der Waals surface area contributed by atoms with Crippen LogP contribution in [0.1, 0.15) is 57.4 Å². The molecule has 1 fully saturated rings. The summed E-state index contributed by atoms with van der Waals surface area (Å²) in [5, 5.41) is 16.3. The number of nitrogens with zero attached hydrogens (tertiary/aromatic N) is 1. The Morgan fingerprint density at radius 2 is 2.10 bits per heavy atom. The fourth-order valence-electron chi connectivity index (χ4n) is 4.78. The van der Waals surface area contributed by atoms with E-state index in [1.807, 2.05) is 0 Å². The van der Waals surface area contributed by atoms with Crippen molar-refractivity contribution in [3.05, 3.63) is 82.7 Å². The zero-order valence-corrected chi connectivity index (χ0v) is 17.7. The second kappa shape index (κ2) is 8.16. The van der Waals surface area contributed by atoms with Gasteiger partial charge in [-0.25, -0.2) is 4.79 Å². The van der Waals surface area contributed by atoms with Crippen molar-refractivity contribution in [1.82, 2.24) is 10.3 Å². The molecule has 1 aliphatic heterocycles. The minimum absolute atomic E-state index is 0.125. The van der Waals surface area contributed by atoms with E-state index in [2.05, 4.69) is 58.9 Å². The van der Waals surface area contributed by atoms with Crippen molar-refractivity contribution in [3.8, 4) is 11.1 Å². The number of carboxylic acid groups (broad SMARTS) is 1. The van der Waals surface area contributed by atoms with Crippen molar-refractivity contribution < 1.29 is 9.90 Å². The first-order valence-corrected chi connectivity index (χ1v) is 11.0. The Balaban J connectivity index is 1.41. The number of aromatic nitrogens is 1. The van der Waals surface area contributed by atoms with Crippen LogP contribution in [0, 0.1) is 6.92 Å². The summed E-state index contributed by atoms with van der Waals surface area (Å²) in [6.07, 6.45) is 6.68. The van der Waals surface area contributed by atoms with Crippen molar-refractivity contribution in [1.29, 1.82) is 0 Å². The van der Waals surface area contributed by atoms with Crippen LogP contribution in [0.5, 0.6) is 0 Å². The molecule has 5 rings (SSSR count). The highest BCUT2D eigenvalue weighted by molar-refractivity contribution is 5.93. The van der Waals surface area contributed by atoms with Gasteiger partial charge in [0.15, 0.2) is 0 Å². The van der Waals surface area contributed by atoms with Gasteiger partial charge >= 0.3 is 5.97 Å². The topological polar surface area (TPSA) is 74.2 Å². The van der Waals surface area contributed by atoms with Crippen molar-refractivity contribution in [2.24, 2.45) is 0 Å². The van der Waals surface area contributed by atoms with E-state index in [9.17, 15) is 9.90 Å². The molecular formula is C26H27N3O2. The quantitative estimate of drug-likeness (QED) is 0.534. The van der Waals surface area contributed by atoms with Gasteiger partial charge in [-0.1, -0.05) is 36.4 Å². The summed E-state index contributed by atoms with van der Waals surface area (Å²) >= 11 is 0. The molecule has 31 heavy (non-hydrogen) atoms. The first-order valence-electron chi connectivity index (χ1n) is 11.0. The summed E-state index contributed by atoms with van der Waals surface area (Å²) < 4.78 is 0. The molecule has 0 spiro atoms. The molecule has 1 aromatic heterocycles. The molecule has 0 bridgehead atoms. The van der Waals surface area contributed by atoms with Gasteiger partial charge in [-0.15, -0.1) is 0 Å². The summed E-state index contributed by atoms with van der Waals surface area (Å²) in [4.78, 5) is 15.5. The fraction of sp³-hybridized carbons (Fsp3) is 0.308. The lowest BCUT2D eigenvalue weighted by Crippen LogP contribution is -2.34. The van der Waals surface area contributed by atoms with E-state index in [0.29, 0.717) is 18.2 Å². The summed E-state index contributed by atoms with van der Waals surface area (Å²) in [6.45, 7) is 3.74. The molecule has 0 saturated heterocycles. The van der Waals surface area contributed by atoms with E-state index in [1.165, 1.54) is 58.5 Å². The highest BCUT2D eigenvalue weighted by Crippen LogP contribution is 2.46. The third kappa shape index (κ3) is 3.93. The van der Waals surface area contributed by atoms with Crippen LogP contribution in [0.4, 0.5) is 5.69 Å². The number of aryl methyl sites for hydroxylation is 1. The number of nitrogens with one attached hydrogen (secondary N) is 2. The van der Waals surface area contributed by atoms with Crippen molar-refractivity contribution in [2.45, 2.75) is 38.1 Å². The predicted octanol–water partition coefficient (Wildman–Crippen LogP) is 4.93. The maximum atomic E-state index is 11.5. The van der Waals surface area contributed by atoms with Crippen LogP contribution < -0.4 is 10.6 Å². The van der Waals surface area contributed by atoms with Gasteiger partial charge in [-0.2, -0.15) is 0 Å². The smallest absolute Gasteiger partial charge is 0.337 e. The van der Waals surface area contributed by atoms with Crippen LogP contribution in [-0.2, 0) is 6.42 Å². The van der Waals surface area contributed by atoms with Crippen molar-refractivity contribution in [2.75, 3.05) is 18.4 Å². The van der Waals surface area contributed by atoms with Gasteiger partial charge in [-0.3, -0.25) is 4.98 Å². The molecule has 5 nitrogen and oxygen atoms in total. The van der Waals surface area contributed by atoms with Gasteiger partial charge < -0.3 is 15.7 Å². The second-order valence-electron chi connectivity index (χ2n) is 8.59. The molecule has 0 radical (unpaired) electrons. The number of hydrogen-bond donors (Lipinski definition) is 3. The van der Waals surface area contributed by atoms with E-state index in [1.54, 1.807) is 6.20 Å². The Hall–Kier alpha value is -3.18. The average Bonchev–Trinajstić information content (AvgIpc) is 3.62. The number of carboxylic acids is 1. The SMILES string of the molecule is Cc1cccc(-c2ccc3c(c2)CCNC3CNc2cnccc2C(=O)O)c1C1CC1. The first-order chi connectivity index (χ1) is 15.1. The number of hydrogen-bond acceptors (Lipinski definition) is 4. The Kier molecular flexibility index (Phi) is 5.20. The molecule has 3 aromatic rings. The molecular weight excluding hydrogens is 386 g/mol. The molecule has 0 amide bonds. The number of aromatic carboxylic acids is 1. The lowest BCUT2D eigenvalue weighted by atomic mass is 9.88. The van der Waals surface area contributed by atoms with Crippen molar-refractivity contribution in [3.63, 3.8) is 0 Å². The maximum absolute atomic E-state index is 11.5. The molecule has 1 aliphatic carbocycles. The second-order valence-corrected chi connectivity index (χ2v) is 8.59. The molecule has 3 N–H and O–H groups in total. The van der Waals surface area contributed by atoms with Crippen LogP contribution in [0.2, 0.25) is 0 Å². The molecule has 2 aliphatic rings. The maximum Gasteiger partial charge on any atom is 0.337 e. The molecule has 2 aromatic carbocycles. The van der Waals surface area contributed by atoms with Crippen molar-refractivity contribution >= 4 is 11.7 Å². The molecule has 1 atom stereocenters. The van der Waals surface area contributed by atoms with Gasteiger partial charge in [0.05, 0.1) is 17.4 Å². The van der Waals surface area contributed by atoms with Crippen LogP contribution in [0.15, 0.2) is 54.9 Å². The highest BCUT2D eigenvalue weighted by Gasteiger charge is 2.28. The monoisotopic (exact) mass is 413 g/mol. The predicted molar refractivity (Wildman–Crippen MR) is 123 cm³/mol. The number of anilines is 1. The first kappa shape index (κ1) is 19.8. The fourth-order valence-corrected chi connectivity index (χ4v) is 4.78. The molecule has 5 heteroatoms. The zero-order valence-electron chi connectivity index (χ0n) is 17.7. The third-order valence-electron chi connectivity index (χ3n) is 6.47. The van der Waals surface area contributed by atoms with Gasteiger partial charge in [0.2, 0.25) is 0 Å². The highest BCUT2D eigenvalue weighted by atomic mass is 16.4. The molecule has 158 valence electrons. The van der Waals surface area contributed by atoms with E-state index in [0.717, 1.165) is 13.0 Å². The zero-order chi connectivity index (χ0) is 21.4. The number of carbonyl (C=O) groups is 1. The average molecular weight is 414 g/mol. The summed E-state index contributed by atoms with van der Waals surface area (Å²) in [7, 11) is 0. The van der Waals surface area contributed by atoms with E-state index < -0.39 is 5.97 Å². The van der Waals surface area contributed by atoms with Gasteiger partial charge in [-0.05, 0) is 78.1 Å². The van der Waals surface area contributed by atoms with E-state index in [-0.39, 0.29) is 11.6 Å². The molecule has 2 heterocycles. The minimum atomic E-state index is -0.948. The number of benzene rings is 2. The molecule has 1 unspecified atom stereocenters. The normalized spacial score (nSPS) is 17.8. The number of rotatable bonds is 6. The third-order valence-corrected chi connectivity index (χ3v) is 6.47. The summed E-state index contributed by atoms with van der Waals surface area (Å²) in [5.41, 5.74) is 9.04. The van der Waals surface area contributed by atoms with E-state index in [4.69, 9.17) is 0 Å². The van der Waals surface area contributed by atoms with Crippen LogP contribution in [0.25, 0.3) is 11.1 Å². The molecule has 1 saturated carbocycles. The Morgan fingerprint density at radius 3 is 2.90 bits per heavy atom. The Labute approximate surface area is 182 Å². The lowest BCUT2D eigenvalue weighted by molar-refractivity contribution is 0.0697. The lowest BCUT2D eigenvalue weighted by Gasteiger charge is -2.28. The number of fused-ring (bicyclic) bond motifs is 1. The number of pyridine rings is 1. The van der Waals surface area contributed by atoms with Crippen LogP contribution >= 0.6 is 0 Å². The van der Waals surface area contributed by atoms with E-state index >= 15 is 0 Å².